The molecule has 2 saturated carbocycles. The predicted octanol–water partition coefficient (Wildman–Crippen LogP) is 0.817. The molecule has 0 radical (unpaired) electrons. The summed E-state index contributed by atoms with van der Waals surface area (Å²) < 4.78 is 5.96. The van der Waals surface area contributed by atoms with E-state index in [0.717, 1.165) is 19.2 Å². The molecule has 5 nitrogen and oxygen atoms in total. The highest BCUT2D eigenvalue weighted by atomic mass is 16.5. The minimum Gasteiger partial charge on any atom is -0.394 e. The molecule has 3 atom stereocenters. The molecule has 4 fully saturated rings. The van der Waals surface area contributed by atoms with Crippen LogP contribution < -0.4 is 5.32 Å². The van der Waals surface area contributed by atoms with Crippen molar-refractivity contribution in [3.05, 3.63) is 0 Å². The van der Waals surface area contributed by atoms with E-state index in [-0.39, 0.29) is 17.7 Å². The van der Waals surface area contributed by atoms with Crippen molar-refractivity contribution >= 4 is 0 Å². The molecule has 4 aliphatic rings. The highest BCUT2D eigenvalue weighted by Gasteiger charge is 2.53. The average molecular weight is 323 g/mol. The summed E-state index contributed by atoms with van der Waals surface area (Å²) in [6, 6.07) is 2.10. The molecule has 3 unspecified atom stereocenters. The monoisotopic (exact) mass is 323 g/mol. The topological polar surface area (TPSA) is 48.0 Å². The van der Waals surface area contributed by atoms with Gasteiger partial charge in [0, 0.05) is 36.8 Å². The molecule has 2 aliphatic carbocycles. The van der Waals surface area contributed by atoms with Crippen LogP contribution in [0.4, 0.5) is 0 Å². The van der Waals surface area contributed by atoms with Gasteiger partial charge in [-0.3, -0.25) is 9.80 Å². The summed E-state index contributed by atoms with van der Waals surface area (Å²) in [7, 11) is 2.20. The SMILES string of the molecule is CC1CC(NCC2(CO)COCC3(CCC3)N2C)CN1C1CC1. The second kappa shape index (κ2) is 5.95. The van der Waals surface area contributed by atoms with Crippen LogP contribution in [0.15, 0.2) is 0 Å². The maximum absolute atomic E-state index is 10.2. The van der Waals surface area contributed by atoms with Crippen LogP contribution in [0.3, 0.4) is 0 Å². The Balaban J connectivity index is 1.38. The third kappa shape index (κ3) is 2.74. The summed E-state index contributed by atoms with van der Waals surface area (Å²) in [5.41, 5.74) is -0.0689. The molecule has 23 heavy (non-hydrogen) atoms. The van der Waals surface area contributed by atoms with E-state index in [2.05, 4.69) is 29.1 Å². The third-order valence-corrected chi connectivity index (χ3v) is 7.10. The summed E-state index contributed by atoms with van der Waals surface area (Å²) in [4.78, 5) is 5.13. The molecule has 0 bridgehead atoms. The molecule has 0 aromatic carbocycles. The zero-order valence-electron chi connectivity index (χ0n) is 14.8. The Labute approximate surface area is 140 Å². The molecule has 0 aromatic rings. The van der Waals surface area contributed by atoms with Gasteiger partial charge in [-0.1, -0.05) is 0 Å². The Bertz CT molecular complexity index is 438. The Kier molecular flexibility index (Phi) is 4.21. The minimum atomic E-state index is -0.255. The van der Waals surface area contributed by atoms with Crippen molar-refractivity contribution < 1.29 is 9.84 Å². The lowest BCUT2D eigenvalue weighted by atomic mass is 9.72. The van der Waals surface area contributed by atoms with Crippen LogP contribution in [-0.2, 0) is 4.74 Å². The van der Waals surface area contributed by atoms with Gasteiger partial charge in [-0.25, -0.2) is 0 Å². The van der Waals surface area contributed by atoms with E-state index >= 15 is 0 Å². The number of aliphatic hydroxyl groups excluding tert-OH is 1. The van der Waals surface area contributed by atoms with Crippen molar-refractivity contribution in [2.24, 2.45) is 0 Å². The van der Waals surface area contributed by atoms with Crippen molar-refractivity contribution in [1.29, 1.82) is 0 Å². The van der Waals surface area contributed by atoms with Gasteiger partial charge in [-0.2, -0.15) is 0 Å². The number of ether oxygens (including phenoxy) is 1. The Morgan fingerprint density at radius 2 is 2.04 bits per heavy atom. The molecule has 4 rings (SSSR count). The first-order valence-electron chi connectivity index (χ1n) is 9.50. The number of rotatable bonds is 5. The Morgan fingerprint density at radius 3 is 2.65 bits per heavy atom. The number of hydrogen-bond acceptors (Lipinski definition) is 5. The van der Waals surface area contributed by atoms with E-state index in [1.54, 1.807) is 0 Å². The lowest BCUT2D eigenvalue weighted by Crippen LogP contribution is -2.73. The fourth-order valence-corrected chi connectivity index (χ4v) is 5.02. The summed E-state index contributed by atoms with van der Waals surface area (Å²) >= 11 is 0. The van der Waals surface area contributed by atoms with E-state index in [0.29, 0.717) is 18.7 Å². The molecule has 0 aromatic heterocycles. The van der Waals surface area contributed by atoms with Gasteiger partial charge in [0.25, 0.3) is 0 Å². The third-order valence-electron chi connectivity index (χ3n) is 7.10. The van der Waals surface area contributed by atoms with Crippen molar-refractivity contribution in [1.82, 2.24) is 15.1 Å². The molecule has 5 heteroatoms. The first-order chi connectivity index (χ1) is 11.1. The molecule has 2 saturated heterocycles. The summed E-state index contributed by atoms with van der Waals surface area (Å²) in [6.07, 6.45) is 7.71. The molecular formula is C18H33N3O2. The van der Waals surface area contributed by atoms with Gasteiger partial charge in [0.15, 0.2) is 0 Å². The van der Waals surface area contributed by atoms with Crippen LogP contribution in [0.5, 0.6) is 0 Å². The average Bonchev–Trinajstić information content (AvgIpc) is 3.28. The van der Waals surface area contributed by atoms with Gasteiger partial charge in [0.05, 0.1) is 25.4 Å². The summed E-state index contributed by atoms with van der Waals surface area (Å²) in [5, 5.41) is 13.9. The van der Waals surface area contributed by atoms with Gasteiger partial charge in [0.1, 0.15) is 0 Å². The number of nitrogens with zero attached hydrogens (tertiary/aromatic N) is 2. The Hall–Kier alpha value is -0.200. The van der Waals surface area contributed by atoms with Crippen molar-refractivity contribution in [2.45, 2.75) is 74.7 Å². The van der Waals surface area contributed by atoms with E-state index in [9.17, 15) is 5.11 Å². The molecule has 2 heterocycles. The summed E-state index contributed by atoms with van der Waals surface area (Å²) in [5.74, 6) is 0. The number of likely N-dealkylation sites (tertiary alicyclic amines) is 1. The highest BCUT2D eigenvalue weighted by molar-refractivity contribution is 5.08. The molecule has 1 spiro atoms. The first-order valence-corrected chi connectivity index (χ1v) is 9.50. The largest absolute Gasteiger partial charge is 0.394 e. The number of aliphatic hydroxyl groups is 1. The van der Waals surface area contributed by atoms with Crippen molar-refractivity contribution in [3.8, 4) is 0 Å². The van der Waals surface area contributed by atoms with Crippen LogP contribution in [0.1, 0.15) is 45.4 Å². The van der Waals surface area contributed by atoms with E-state index in [4.69, 9.17) is 4.74 Å². The normalized spacial score (nSPS) is 41.3. The smallest absolute Gasteiger partial charge is 0.0804 e. The number of likely N-dealkylation sites (N-methyl/N-ethyl adjacent to an activating group) is 1. The van der Waals surface area contributed by atoms with Crippen molar-refractivity contribution in [3.63, 3.8) is 0 Å². The van der Waals surface area contributed by atoms with Crippen molar-refractivity contribution in [2.75, 3.05) is 40.0 Å². The van der Waals surface area contributed by atoms with Crippen LogP contribution in [0, 0.1) is 0 Å². The van der Waals surface area contributed by atoms with Crippen LogP contribution >= 0.6 is 0 Å². The zero-order chi connectivity index (χ0) is 16.1. The fourth-order valence-electron chi connectivity index (χ4n) is 5.02. The standard InChI is InChI=1S/C18H33N3O2/c1-14-8-15(9-21(14)16-4-5-16)19-10-18(11-22)13-23-12-17(20(18)2)6-3-7-17/h14-16,19,22H,3-13H2,1-2H3. The number of morpholine rings is 1. The van der Waals surface area contributed by atoms with E-state index < -0.39 is 0 Å². The molecular weight excluding hydrogens is 290 g/mol. The maximum atomic E-state index is 10.2. The van der Waals surface area contributed by atoms with Gasteiger partial charge >= 0.3 is 0 Å². The van der Waals surface area contributed by atoms with Crippen LogP contribution in [0.25, 0.3) is 0 Å². The van der Waals surface area contributed by atoms with Gasteiger partial charge in [-0.15, -0.1) is 0 Å². The lowest BCUT2D eigenvalue weighted by Gasteiger charge is -2.59. The van der Waals surface area contributed by atoms with Gasteiger partial charge < -0.3 is 15.2 Å². The minimum absolute atomic E-state index is 0.173. The number of nitrogens with one attached hydrogen (secondary N) is 1. The fraction of sp³-hybridized carbons (Fsp3) is 1.00. The van der Waals surface area contributed by atoms with Crippen LogP contribution in [-0.4, -0.2) is 84.1 Å². The lowest BCUT2D eigenvalue weighted by molar-refractivity contribution is -0.180. The molecule has 2 N–H and O–H groups in total. The molecule has 2 aliphatic heterocycles. The van der Waals surface area contributed by atoms with E-state index in [1.807, 2.05) is 0 Å². The number of hydrogen-bond donors (Lipinski definition) is 2. The zero-order valence-corrected chi connectivity index (χ0v) is 14.8. The molecule has 0 amide bonds. The second-order valence-electron chi connectivity index (χ2n) is 8.60. The van der Waals surface area contributed by atoms with Gasteiger partial charge in [-0.05, 0) is 52.5 Å². The van der Waals surface area contributed by atoms with E-state index in [1.165, 1.54) is 45.1 Å². The highest BCUT2D eigenvalue weighted by Crippen LogP contribution is 2.43. The van der Waals surface area contributed by atoms with Gasteiger partial charge in [0.2, 0.25) is 0 Å². The summed E-state index contributed by atoms with van der Waals surface area (Å²) in [6.45, 7) is 6.01. The predicted molar refractivity (Wildman–Crippen MR) is 90.6 cm³/mol. The maximum Gasteiger partial charge on any atom is 0.0804 e. The molecule has 132 valence electrons. The quantitative estimate of drug-likeness (QED) is 0.784. The first kappa shape index (κ1) is 16.3. The second-order valence-corrected chi connectivity index (χ2v) is 8.60. The Morgan fingerprint density at radius 1 is 1.26 bits per heavy atom. The van der Waals surface area contributed by atoms with Crippen LogP contribution in [0.2, 0.25) is 0 Å².